The minimum atomic E-state index is -0.136. The van der Waals surface area contributed by atoms with E-state index in [0.29, 0.717) is 52.1 Å². The molecule has 0 spiro atoms. The maximum atomic E-state index is 12.8. The normalized spacial score (nSPS) is 10.8. The Bertz CT molecular complexity index is 1100. The Hall–Kier alpha value is -2.26. The van der Waals surface area contributed by atoms with Gasteiger partial charge in [0.15, 0.2) is 0 Å². The van der Waals surface area contributed by atoms with Crippen molar-refractivity contribution in [3.8, 4) is 17.1 Å². The fourth-order valence-electron chi connectivity index (χ4n) is 2.60. The maximum Gasteiger partial charge on any atom is 0.204 e. The summed E-state index contributed by atoms with van der Waals surface area (Å²) in [6.45, 7) is 0.443. The number of aromatic amines is 1. The third kappa shape index (κ3) is 3.49. The Balaban J connectivity index is 0.00000196. The topological polar surface area (TPSA) is 114 Å². The van der Waals surface area contributed by atoms with E-state index >= 15 is 0 Å². The third-order valence-electron chi connectivity index (χ3n) is 3.82. The van der Waals surface area contributed by atoms with E-state index in [1.165, 1.54) is 0 Å². The molecule has 0 aliphatic heterocycles. The van der Waals surface area contributed by atoms with Gasteiger partial charge in [0.25, 0.3) is 0 Å². The number of tetrazole rings is 1. The summed E-state index contributed by atoms with van der Waals surface area (Å²) in [5.74, 6) is 0.994. The fraction of sp³-hybridized carbons (Fsp3) is 0.176. The van der Waals surface area contributed by atoms with E-state index in [0.717, 1.165) is 0 Å². The SMILES string of the molecule is O=c1c2ccc(-c3nn[nH]n3)cc2oc2ccc(OCCCO)cc12.[Na]. The van der Waals surface area contributed by atoms with Crippen molar-refractivity contribution in [2.45, 2.75) is 6.42 Å². The van der Waals surface area contributed by atoms with E-state index in [1.807, 2.05) is 0 Å². The minimum absolute atomic E-state index is 0. The van der Waals surface area contributed by atoms with Crippen LogP contribution in [0.25, 0.3) is 33.3 Å². The number of ether oxygens (including phenoxy) is 1. The van der Waals surface area contributed by atoms with Crippen LogP contribution in [0.15, 0.2) is 45.6 Å². The quantitative estimate of drug-likeness (QED) is 0.314. The molecule has 8 nitrogen and oxygen atoms in total. The Labute approximate surface area is 169 Å². The zero-order valence-electron chi connectivity index (χ0n) is 14.1. The largest absolute Gasteiger partial charge is 0.493 e. The van der Waals surface area contributed by atoms with Gasteiger partial charge in [-0.15, -0.1) is 10.2 Å². The molecule has 0 atom stereocenters. The van der Waals surface area contributed by atoms with Gasteiger partial charge in [-0.1, -0.05) is 6.07 Å². The molecule has 0 saturated carbocycles. The summed E-state index contributed by atoms with van der Waals surface area (Å²) >= 11 is 0. The second-order valence-corrected chi connectivity index (χ2v) is 5.46. The van der Waals surface area contributed by atoms with E-state index < -0.39 is 0 Å². The van der Waals surface area contributed by atoms with Crippen LogP contribution in [0.1, 0.15) is 6.42 Å². The van der Waals surface area contributed by atoms with Gasteiger partial charge in [-0.05, 0) is 35.5 Å². The van der Waals surface area contributed by atoms with Gasteiger partial charge in [0.1, 0.15) is 16.9 Å². The van der Waals surface area contributed by atoms with Gasteiger partial charge in [-0.3, -0.25) is 4.79 Å². The maximum absolute atomic E-state index is 12.8. The van der Waals surface area contributed by atoms with Gasteiger partial charge >= 0.3 is 0 Å². The number of hydrogen-bond donors (Lipinski definition) is 2. The van der Waals surface area contributed by atoms with Crippen LogP contribution in [-0.4, -0.2) is 68.5 Å². The van der Waals surface area contributed by atoms with Gasteiger partial charge < -0.3 is 14.3 Å². The number of fused-ring (bicyclic) bond motifs is 2. The number of aliphatic hydroxyl groups is 1. The van der Waals surface area contributed by atoms with Crippen molar-refractivity contribution in [2.75, 3.05) is 13.2 Å². The molecule has 2 N–H and O–H groups in total. The first kappa shape index (κ1) is 18.5. The molecule has 4 aromatic rings. The van der Waals surface area contributed by atoms with E-state index in [2.05, 4.69) is 20.6 Å². The average Bonchev–Trinajstić information content (AvgIpc) is 3.17. The van der Waals surface area contributed by atoms with Crippen LogP contribution in [0.3, 0.4) is 0 Å². The summed E-state index contributed by atoms with van der Waals surface area (Å²) in [6.07, 6.45) is 0.531. The third-order valence-corrected chi connectivity index (χ3v) is 3.82. The van der Waals surface area contributed by atoms with Crippen LogP contribution in [0.4, 0.5) is 0 Å². The second kappa shape index (κ2) is 7.96. The van der Waals surface area contributed by atoms with E-state index in [-0.39, 0.29) is 41.6 Å². The van der Waals surface area contributed by atoms with Gasteiger partial charge in [-0.25, -0.2) is 0 Å². The summed E-state index contributed by atoms with van der Waals surface area (Å²) in [6, 6.07) is 10.2. The van der Waals surface area contributed by atoms with Gasteiger partial charge in [0, 0.05) is 48.1 Å². The molecule has 2 aromatic carbocycles. The van der Waals surface area contributed by atoms with Gasteiger partial charge in [0.2, 0.25) is 11.3 Å². The summed E-state index contributed by atoms with van der Waals surface area (Å²) < 4.78 is 11.4. The zero-order chi connectivity index (χ0) is 17.2. The molecule has 0 unspecified atom stereocenters. The standard InChI is InChI=1S/C17H14N4O4.Na/c22-6-1-7-24-11-3-5-14-13(9-11)16(23)12-4-2-10(8-15(12)25-14)17-18-20-21-19-17;/h2-5,8-9,22H,1,6-7H2,(H,18,19,20,21);. The molecule has 4 rings (SSSR count). The molecular formula is C17H14N4NaO4. The molecule has 1 radical (unpaired) electrons. The fourth-order valence-corrected chi connectivity index (χ4v) is 2.60. The molecule has 26 heavy (non-hydrogen) atoms. The van der Waals surface area contributed by atoms with E-state index in [1.54, 1.807) is 36.4 Å². The number of nitrogens with one attached hydrogen (secondary N) is 1. The molecule has 0 fully saturated rings. The monoisotopic (exact) mass is 361 g/mol. The Morgan fingerprint density at radius 3 is 2.77 bits per heavy atom. The summed E-state index contributed by atoms with van der Waals surface area (Å²) in [7, 11) is 0. The predicted molar refractivity (Wildman–Crippen MR) is 96.1 cm³/mol. The molecule has 0 aliphatic carbocycles. The first-order valence-corrected chi connectivity index (χ1v) is 7.74. The summed E-state index contributed by atoms with van der Waals surface area (Å²) in [4.78, 5) is 12.8. The molecule has 2 heterocycles. The van der Waals surface area contributed by atoms with Crippen LogP contribution < -0.4 is 10.2 Å². The van der Waals surface area contributed by atoms with Crippen LogP contribution in [0.2, 0.25) is 0 Å². The number of benzene rings is 2. The Morgan fingerprint density at radius 1 is 1.12 bits per heavy atom. The van der Waals surface area contributed by atoms with Gasteiger partial charge in [-0.2, -0.15) is 5.21 Å². The molecule has 0 aliphatic rings. The number of rotatable bonds is 5. The first-order chi connectivity index (χ1) is 12.3. The van der Waals surface area contributed by atoms with Crippen molar-refractivity contribution in [1.82, 2.24) is 20.6 Å². The van der Waals surface area contributed by atoms with Crippen molar-refractivity contribution in [3.63, 3.8) is 0 Å². The van der Waals surface area contributed by atoms with Crippen molar-refractivity contribution in [3.05, 3.63) is 46.6 Å². The molecular weight excluding hydrogens is 347 g/mol. The molecule has 0 saturated heterocycles. The van der Waals surface area contributed by atoms with Crippen molar-refractivity contribution < 1.29 is 14.3 Å². The van der Waals surface area contributed by atoms with Crippen molar-refractivity contribution in [2.24, 2.45) is 0 Å². The molecule has 9 heteroatoms. The molecule has 2 aromatic heterocycles. The number of aromatic nitrogens is 4. The van der Waals surface area contributed by atoms with Crippen molar-refractivity contribution >= 4 is 51.5 Å². The number of hydrogen-bond acceptors (Lipinski definition) is 7. The zero-order valence-corrected chi connectivity index (χ0v) is 16.1. The average molecular weight is 361 g/mol. The van der Waals surface area contributed by atoms with Crippen LogP contribution >= 0.6 is 0 Å². The molecule has 0 amide bonds. The molecule has 0 bridgehead atoms. The second-order valence-electron chi connectivity index (χ2n) is 5.46. The number of nitrogens with zero attached hydrogens (tertiary/aromatic N) is 3. The van der Waals surface area contributed by atoms with Crippen molar-refractivity contribution in [1.29, 1.82) is 0 Å². The number of aliphatic hydroxyl groups excluding tert-OH is 1. The Morgan fingerprint density at radius 2 is 2.00 bits per heavy atom. The Kier molecular flexibility index (Phi) is 5.67. The predicted octanol–water partition coefficient (Wildman–Crippen LogP) is 1.51. The summed E-state index contributed by atoms with van der Waals surface area (Å²) in [5, 5.41) is 23.5. The molecule has 127 valence electrons. The van der Waals surface area contributed by atoms with Crippen LogP contribution in [0, 0.1) is 0 Å². The minimum Gasteiger partial charge on any atom is -0.493 e. The van der Waals surface area contributed by atoms with Crippen LogP contribution in [-0.2, 0) is 0 Å². The number of H-pyrrole nitrogens is 1. The first-order valence-electron chi connectivity index (χ1n) is 7.74. The smallest absolute Gasteiger partial charge is 0.204 e. The van der Waals surface area contributed by atoms with Gasteiger partial charge in [0.05, 0.1) is 17.4 Å². The van der Waals surface area contributed by atoms with Crippen LogP contribution in [0.5, 0.6) is 5.75 Å². The van der Waals surface area contributed by atoms with E-state index in [4.69, 9.17) is 14.3 Å². The summed E-state index contributed by atoms with van der Waals surface area (Å²) in [5.41, 5.74) is 1.49. The van der Waals surface area contributed by atoms with E-state index in [9.17, 15) is 4.79 Å².